The van der Waals surface area contributed by atoms with E-state index in [0.717, 1.165) is 44.2 Å². The first-order chi connectivity index (χ1) is 16.8. The zero-order chi connectivity index (χ0) is 24.4. The van der Waals surface area contributed by atoms with Crippen molar-refractivity contribution in [1.82, 2.24) is 0 Å². The molecule has 2 rings (SSSR count). The minimum absolute atomic E-state index is 0.509. The first kappa shape index (κ1) is 31.2. The molecule has 2 fully saturated rings. The van der Waals surface area contributed by atoms with Crippen LogP contribution in [0.5, 0.6) is 0 Å². The van der Waals surface area contributed by atoms with Crippen LogP contribution < -0.4 is 0 Å². The van der Waals surface area contributed by atoms with Crippen LogP contribution in [0, 0.1) is 0 Å². The molecule has 0 bridgehead atoms. The highest BCUT2D eigenvalue weighted by atomic mass is 16.4. The van der Waals surface area contributed by atoms with Crippen LogP contribution in [0.25, 0.3) is 0 Å². The molecule has 0 amide bonds. The van der Waals surface area contributed by atoms with Crippen molar-refractivity contribution in [1.29, 1.82) is 0 Å². The van der Waals surface area contributed by atoms with E-state index in [4.69, 9.17) is 5.21 Å². The second kappa shape index (κ2) is 25.2. The number of Topliss-reactive ketones (excluding diaryl/α,β-unsaturated/α-hetero) is 1. The van der Waals surface area contributed by atoms with Crippen molar-refractivity contribution < 1.29 is 10.0 Å². The molecule has 2 aliphatic carbocycles. The summed E-state index contributed by atoms with van der Waals surface area (Å²) < 4.78 is 0. The van der Waals surface area contributed by atoms with E-state index in [1.165, 1.54) is 148 Å². The summed E-state index contributed by atoms with van der Waals surface area (Å²) in [5.74, 6) is 0.509. The maximum absolute atomic E-state index is 11.5. The molecule has 2 saturated carbocycles. The van der Waals surface area contributed by atoms with Gasteiger partial charge in [0.05, 0.1) is 5.71 Å². The number of carbonyl (C=O) groups is 1. The van der Waals surface area contributed by atoms with Gasteiger partial charge in [-0.3, -0.25) is 4.79 Å². The fourth-order valence-electron chi connectivity index (χ4n) is 5.36. The van der Waals surface area contributed by atoms with Crippen molar-refractivity contribution in [3.8, 4) is 0 Å². The van der Waals surface area contributed by atoms with Gasteiger partial charge in [0, 0.05) is 12.8 Å². The van der Waals surface area contributed by atoms with Gasteiger partial charge < -0.3 is 5.21 Å². The molecule has 0 spiro atoms. The zero-order valence-electron chi connectivity index (χ0n) is 22.8. The smallest absolute Gasteiger partial charge is 0.132 e. The SMILES string of the molecule is O=C1CCCCCCCCCCCCCC1.ON=C1CCCCCCCCCCCCCCC1. The third-order valence-electron chi connectivity index (χ3n) is 7.73. The van der Waals surface area contributed by atoms with E-state index in [9.17, 15) is 4.79 Å². The molecular weight excluding hydrogens is 418 g/mol. The second-order valence-electron chi connectivity index (χ2n) is 11.0. The summed E-state index contributed by atoms with van der Waals surface area (Å²) in [5, 5.41) is 12.4. The average molecular weight is 478 g/mol. The van der Waals surface area contributed by atoms with Gasteiger partial charge in [-0.1, -0.05) is 140 Å². The van der Waals surface area contributed by atoms with Crippen molar-refractivity contribution in [2.75, 3.05) is 0 Å². The van der Waals surface area contributed by atoms with Crippen LogP contribution in [0.3, 0.4) is 0 Å². The Kier molecular flexibility index (Phi) is 23.1. The Labute approximate surface area is 212 Å². The predicted octanol–water partition coefficient (Wildman–Crippen LogP) is 10.7. The van der Waals surface area contributed by atoms with Crippen molar-refractivity contribution >= 4 is 11.5 Å². The van der Waals surface area contributed by atoms with Crippen LogP contribution in [0.2, 0.25) is 0 Å². The van der Waals surface area contributed by atoms with Gasteiger partial charge in [0.25, 0.3) is 0 Å². The van der Waals surface area contributed by atoms with E-state index in [2.05, 4.69) is 5.16 Å². The number of hydrogen-bond donors (Lipinski definition) is 1. The lowest BCUT2D eigenvalue weighted by Crippen LogP contribution is -1.99. The van der Waals surface area contributed by atoms with Crippen LogP contribution >= 0.6 is 0 Å². The zero-order valence-corrected chi connectivity index (χ0v) is 22.8. The van der Waals surface area contributed by atoms with Gasteiger partial charge in [0.1, 0.15) is 5.78 Å². The molecule has 0 heterocycles. The molecule has 0 aromatic heterocycles. The standard InChI is InChI=1S/C16H31NO.C15H28O/c18-17-16-14-12-10-8-6-4-2-1-3-5-7-9-11-13-15-16;16-15-13-11-9-7-5-3-1-2-4-6-8-10-12-14-15/h18H,1-15H2;1-14H2. The fraction of sp³-hybridized carbons (Fsp3) is 0.935. The Morgan fingerprint density at radius 3 is 0.794 bits per heavy atom. The molecule has 34 heavy (non-hydrogen) atoms. The highest BCUT2D eigenvalue weighted by Gasteiger charge is 2.03. The normalized spacial score (nSPS) is 22.9. The van der Waals surface area contributed by atoms with E-state index in [0.29, 0.717) is 5.78 Å². The van der Waals surface area contributed by atoms with Gasteiger partial charge in [-0.15, -0.1) is 0 Å². The number of oxime groups is 1. The third kappa shape index (κ3) is 21.7. The number of hydrogen-bond acceptors (Lipinski definition) is 3. The number of carbonyl (C=O) groups excluding carboxylic acids is 1. The van der Waals surface area contributed by atoms with Crippen molar-refractivity contribution in [2.45, 2.75) is 186 Å². The van der Waals surface area contributed by atoms with E-state index in [1.54, 1.807) is 0 Å². The van der Waals surface area contributed by atoms with E-state index in [1.807, 2.05) is 0 Å². The Morgan fingerprint density at radius 1 is 0.353 bits per heavy atom. The summed E-state index contributed by atoms with van der Waals surface area (Å²) in [5.41, 5.74) is 1.03. The summed E-state index contributed by atoms with van der Waals surface area (Å²) >= 11 is 0. The van der Waals surface area contributed by atoms with Gasteiger partial charge in [-0.05, 0) is 38.5 Å². The van der Waals surface area contributed by atoms with Crippen molar-refractivity contribution in [3.63, 3.8) is 0 Å². The molecule has 3 nitrogen and oxygen atoms in total. The molecule has 0 unspecified atom stereocenters. The van der Waals surface area contributed by atoms with Gasteiger partial charge >= 0.3 is 0 Å². The lowest BCUT2D eigenvalue weighted by Gasteiger charge is -2.07. The maximum atomic E-state index is 11.5. The lowest BCUT2D eigenvalue weighted by molar-refractivity contribution is -0.119. The maximum Gasteiger partial charge on any atom is 0.132 e. The van der Waals surface area contributed by atoms with E-state index < -0.39 is 0 Å². The Hall–Kier alpha value is -0.860. The second-order valence-corrected chi connectivity index (χ2v) is 11.0. The number of ketones is 1. The Morgan fingerprint density at radius 2 is 0.559 bits per heavy atom. The summed E-state index contributed by atoms with van der Waals surface area (Å²) in [6.07, 6.45) is 37.3. The van der Waals surface area contributed by atoms with E-state index >= 15 is 0 Å². The highest BCUT2D eigenvalue weighted by molar-refractivity contribution is 5.83. The molecule has 3 heteroatoms. The van der Waals surface area contributed by atoms with Gasteiger partial charge in [-0.2, -0.15) is 0 Å². The van der Waals surface area contributed by atoms with E-state index in [-0.39, 0.29) is 0 Å². The predicted molar refractivity (Wildman–Crippen MR) is 148 cm³/mol. The summed E-state index contributed by atoms with van der Waals surface area (Å²) in [4.78, 5) is 11.5. The first-order valence-corrected chi connectivity index (χ1v) is 15.5. The quantitative estimate of drug-likeness (QED) is 0.278. The third-order valence-corrected chi connectivity index (χ3v) is 7.73. The monoisotopic (exact) mass is 477 g/mol. The minimum Gasteiger partial charge on any atom is -0.411 e. The molecule has 2 aliphatic rings. The summed E-state index contributed by atoms with van der Waals surface area (Å²) in [7, 11) is 0. The molecule has 0 aromatic carbocycles. The molecule has 0 aliphatic heterocycles. The highest BCUT2D eigenvalue weighted by Crippen LogP contribution is 2.17. The topological polar surface area (TPSA) is 49.7 Å². The molecule has 1 N–H and O–H groups in total. The molecule has 0 radical (unpaired) electrons. The largest absolute Gasteiger partial charge is 0.411 e. The molecule has 0 saturated heterocycles. The first-order valence-electron chi connectivity index (χ1n) is 15.5. The molecule has 200 valence electrons. The Balaban J connectivity index is 0.000000342. The fourth-order valence-corrected chi connectivity index (χ4v) is 5.36. The summed E-state index contributed by atoms with van der Waals surface area (Å²) in [6, 6.07) is 0. The van der Waals surface area contributed by atoms with Gasteiger partial charge in [-0.25, -0.2) is 0 Å². The van der Waals surface area contributed by atoms with Crippen LogP contribution in [-0.4, -0.2) is 16.7 Å². The van der Waals surface area contributed by atoms with Crippen LogP contribution in [-0.2, 0) is 4.79 Å². The summed E-state index contributed by atoms with van der Waals surface area (Å²) in [6.45, 7) is 0. The number of nitrogens with zero attached hydrogens (tertiary/aromatic N) is 1. The van der Waals surface area contributed by atoms with Crippen LogP contribution in [0.15, 0.2) is 5.16 Å². The van der Waals surface area contributed by atoms with Crippen LogP contribution in [0.4, 0.5) is 0 Å². The molecular formula is C31H59NO2. The van der Waals surface area contributed by atoms with Gasteiger partial charge in [0.15, 0.2) is 0 Å². The Bertz CT molecular complexity index is 438. The van der Waals surface area contributed by atoms with Crippen LogP contribution in [0.1, 0.15) is 186 Å². The molecule has 0 atom stereocenters. The molecule has 0 aromatic rings. The lowest BCUT2D eigenvalue weighted by atomic mass is 10.0. The van der Waals surface area contributed by atoms with Gasteiger partial charge in [0.2, 0.25) is 0 Å². The van der Waals surface area contributed by atoms with Crippen molar-refractivity contribution in [3.05, 3.63) is 0 Å². The number of rotatable bonds is 0. The van der Waals surface area contributed by atoms with Crippen molar-refractivity contribution in [2.24, 2.45) is 5.16 Å². The average Bonchev–Trinajstić information content (AvgIpc) is 2.85. The minimum atomic E-state index is 0.509.